The number of carbonyl (C=O) groups is 2. The molecule has 1 aromatic heterocycles. The summed E-state index contributed by atoms with van der Waals surface area (Å²) >= 11 is 0. The molecule has 1 aliphatic heterocycles. The number of aryl methyl sites for hydroxylation is 1. The Kier molecular flexibility index (Phi) is 7.54. The van der Waals surface area contributed by atoms with Crippen molar-refractivity contribution in [2.75, 3.05) is 13.6 Å². The first-order valence-corrected chi connectivity index (χ1v) is 13.7. The summed E-state index contributed by atoms with van der Waals surface area (Å²) in [6, 6.07) is 14.5. The second-order valence-corrected chi connectivity index (χ2v) is 10.9. The second kappa shape index (κ2) is 11.0. The van der Waals surface area contributed by atoms with Crippen molar-refractivity contribution in [1.82, 2.24) is 14.8 Å². The number of nitrogens with zero attached hydrogens (tertiary/aromatic N) is 3. The Morgan fingerprint density at radius 3 is 2.58 bits per heavy atom. The molecule has 2 heterocycles. The molecule has 1 atom stereocenters. The average molecular weight is 516 g/mol. The van der Waals surface area contributed by atoms with E-state index in [-0.39, 0.29) is 42.1 Å². The maximum absolute atomic E-state index is 13.6. The third-order valence-corrected chi connectivity index (χ3v) is 7.95. The number of hydrogen-bond donors (Lipinski definition) is 0. The molecule has 0 radical (unpaired) electrons. The zero-order valence-electron chi connectivity index (χ0n) is 22.8. The van der Waals surface area contributed by atoms with Crippen LogP contribution >= 0.6 is 0 Å². The fourth-order valence-corrected chi connectivity index (χ4v) is 5.47. The Labute approximate surface area is 224 Å². The van der Waals surface area contributed by atoms with Crippen LogP contribution in [0.5, 0.6) is 5.75 Å². The Hall–Kier alpha value is -3.61. The summed E-state index contributed by atoms with van der Waals surface area (Å²) in [5, 5.41) is 0. The Balaban J connectivity index is 1.39. The van der Waals surface area contributed by atoms with Gasteiger partial charge in [0, 0.05) is 25.6 Å². The first kappa shape index (κ1) is 26.0. The van der Waals surface area contributed by atoms with Crippen LogP contribution in [0.2, 0.25) is 0 Å². The predicted molar refractivity (Wildman–Crippen MR) is 145 cm³/mol. The third kappa shape index (κ3) is 5.33. The van der Waals surface area contributed by atoms with Gasteiger partial charge in [0.25, 0.3) is 5.91 Å². The topological polar surface area (TPSA) is 75.9 Å². The van der Waals surface area contributed by atoms with E-state index in [1.807, 2.05) is 19.9 Å². The van der Waals surface area contributed by atoms with Crippen molar-refractivity contribution < 1.29 is 18.7 Å². The molecule has 7 nitrogen and oxygen atoms in total. The summed E-state index contributed by atoms with van der Waals surface area (Å²) in [6.45, 7) is 6.81. The van der Waals surface area contributed by atoms with Gasteiger partial charge in [-0.25, -0.2) is 4.98 Å². The summed E-state index contributed by atoms with van der Waals surface area (Å²) in [7, 11) is 1.75. The van der Waals surface area contributed by atoms with E-state index in [1.54, 1.807) is 11.9 Å². The van der Waals surface area contributed by atoms with E-state index in [0.717, 1.165) is 49.8 Å². The van der Waals surface area contributed by atoms with Gasteiger partial charge < -0.3 is 19.0 Å². The van der Waals surface area contributed by atoms with Crippen molar-refractivity contribution in [3.8, 4) is 5.75 Å². The molecule has 2 aromatic carbocycles. The van der Waals surface area contributed by atoms with E-state index in [0.29, 0.717) is 11.6 Å². The van der Waals surface area contributed by atoms with Crippen LogP contribution in [0.3, 0.4) is 0 Å². The molecule has 0 bridgehead atoms. The van der Waals surface area contributed by atoms with E-state index in [9.17, 15) is 9.59 Å². The monoisotopic (exact) mass is 515 g/mol. The highest BCUT2D eigenvalue weighted by Crippen LogP contribution is 2.39. The number of carbonyl (C=O) groups excluding carboxylic acids is 2. The van der Waals surface area contributed by atoms with Crippen molar-refractivity contribution in [1.29, 1.82) is 0 Å². The van der Waals surface area contributed by atoms with E-state index >= 15 is 0 Å². The molecular weight excluding hydrogens is 478 g/mol. The molecule has 0 saturated heterocycles. The molecule has 0 unspecified atom stereocenters. The summed E-state index contributed by atoms with van der Waals surface area (Å²) in [4.78, 5) is 34.2. The Bertz CT molecular complexity index is 1290. The van der Waals surface area contributed by atoms with Gasteiger partial charge in [0.1, 0.15) is 12.0 Å². The highest BCUT2D eigenvalue weighted by Gasteiger charge is 2.36. The molecular formula is C31H37N3O4. The Morgan fingerprint density at radius 1 is 1.13 bits per heavy atom. The number of rotatable bonds is 7. The highest BCUT2D eigenvalue weighted by atomic mass is 16.5. The zero-order valence-corrected chi connectivity index (χ0v) is 22.8. The van der Waals surface area contributed by atoms with Crippen molar-refractivity contribution in [3.63, 3.8) is 0 Å². The fraction of sp³-hybridized carbons (Fsp3) is 0.452. The minimum absolute atomic E-state index is 0.0657. The van der Waals surface area contributed by atoms with Crippen molar-refractivity contribution >= 4 is 11.8 Å². The number of amides is 2. The van der Waals surface area contributed by atoms with Gasteiger partial charge in [-0.05, 0) is 68.9 Å². The number of hydrogen-bond acceptors (Lipinski definition) is 5. The van der Waals surface area contributed by atoms with Gasteiger partial charge >= 0.3 is 0 Å². The van der Waals surface area contributed by atoms with Crippen molar-refractivity contribution in [3.05, 3.63) is 82.6 Å². The third-order valence-electron chi connectivity index (χ3n) is 7.95. The first-order chi connectivity index (χ1) is 18.3. The number of aromatic nitrogens is 1. The van der Waals surface area contributed by atoms with Gasteiger partial charge in [0.15, 0.2) is 12.3 Å². The minimum Gasteiger partial charge on any atom is -0.484 e. The van der Waals surface area contributed by atoms with Gasteiger partial charge in [-0.15, -0.1) is 0 Å². The molecule has 0 spiro atoms. The van der Waals surface area contributed by atoms with E-state index < -0.39 is 0 Å². The highest BCUT2D eigenvalue weighted by molar-refractivity contribution is 5.92. The summed E-state index contributed by atoms with van der Waals surface area (Å²) < 4.78 is 11.6. The lowest BCUT2D eigenvalue weighted by Gasteiger charge is -2.39. The predicted octanol–water partition coefficient (Wildman–Crippen LogP) is 5.71. The second-order valence-electron chi connectivity index (χ2n) is 10.9. The standard InChI is InChI=1S/C31H37N3O4/c1-20(2)33(4)31(36)27-18-38-28(32-27)19-37-25-14-13-22-15-16-34(30(35)24-7-5-6-8-24)29(26(22)17-25)23-11-9-21(3)10-12-23/h9-14,17-18,20,24,29H,5-8,15-16,19H2,1-4H3/t29-/m1/s1. The lowest BCUT2D eigenvalue weighted by Crippen LogP contribution is -2.43. The molecule has 38 heavy (non-hydrogen) atoms. The van der Waals surface area contributed by atoms with Crippen LogP contribution in [-0.2, 0) is 17.8 Å². The van der Waals surface area contributed by atoms with Gasteiger partial charge in [-0.3, -0.25) is 9.59 Å². The molecule has 7 heteroatoms. The van der Waals surface area contributed by atoms with Crippen LogP contribution < -0.4 is 4.74 Å². The molecule has 1 fully saturated rings. The number of benzene rings is 2. The zero-order chi connectivity index (χ0) is 26.8. The maximum atomic E-state index is 13.6. The van der Waals surface area contributed by atoms with Crippen LogP contribution in [-0.4, -0.2) is 46.2 Å². The normalized spacial score (nSPS) is 17.5. The lowest BCUT2D eigenvalue weighted by atomic mass is 9.86. The van der Waals surface area contributed by atoms with Gasteiger partial charge in [0.05, 0.1) is 6.04 Å². The summed E-state index contributed by atoms with van der Waals surface area (Å²) in [5.41, 5.74) is 4.92. The van der Waals surface area contributed by atoms with Crippen LogP contribution in [0.15, 0.2) is 53.1 Å². The quantitative estimate of drug-likeness (QED) is 0.403. The molecule has 1 saturated carbocycles. The van der Waals surface area contributed by atoms with Gasteiger partial charge in [-0.1, -0.05) is 48.7 Å². The first-order valence-electron chi connectivity index (χ1n) is 13.7. The molecule has 3 aromatic rings. The molecule has 2 aliphatic rings. The summed E-state index contributed by atoms with van der Waals surface area (Å²) in [6.07, 6.45) is 6.45. The largest absolute Gasteiger partial charge is 0.484 e. The SMILES string of the molecule is Cc1ccc([C@@H]2c3cc(OCc4nc(C(=O)N(C)C(C)C)co4)ccc3CCN2C(=O)C2CCCC2)cc1. The van der Waals surface area contributed by atoms with Crippen LogP contribution in [0.4, 0.5) is 0 Å². The molecule has 1 aliphatic carbocycles. The molecule has 5 rings (SSSR count). The Morgan fingerprint density at radius 2 is 1.87 bits per heavy atom. The maximum Gasteiger partial charge on any atom is 0.275 e. The van der Waals surface area contributed by atoms with Crippen LogP contribution in [0, 0.1) is 12.8 Å². The van der Waals surface area contributed by atoms with Gasteiger partial charge in [0.2, 0.25) is 11.8 Å². The fourth-order valence-electron chi connectivity index (χ4n) is 5.47. The van der Waals surface area contributed by atoms with Gasteiger partial charge in [-0.2, -0.15) is 0 Å². The van der Waals surface area contributed by atoms with E-state index in [4.69, 9.17) is 9.15 Å². The smallest absolute Gasteiger partial charge is 0.275 e. The molecule has 0 N–H and O–H groups in total. The van der Waals surface area contributed by atoms with Crippen molar-refractivity contribution in [2.45, 2.75) is 71.6 Å². The number of oxazole rings is 1. The number of fused-ring (bicyclic) bond motifs is 1. The van der Waals surface area contributed by atoms with E-state index in [1.165, 1.54) is 17.4 Å². The van der Waals surface area contributed by atoms with Crippen LogP contribution in [0.25, 0.3) is 0 Å². The molecule has 2 amide bonds. The lowest BCUT2D eigenvalue weighted by molar-refractivity contribution is -0.137. The number of ether oxygens (including phenoxy) is 1. The summed E-state index contributed by atoms with van der Waals surface area (Å²) in [5.74, 6) is 1.24. The minimum atomic E-state index is -0.184. The molecule has 200 valence electrons. The van der Waals surface area contributed by atoms with Crippen LogP contribution in [0.1, 0.15) is 84.2 Å². The van der Waals surface area contributed by atoms with E-state index in [2.05, 4.69) is 53.2 Å². The van der Waals surface area contributed by atoms with Crippen molar-refractivity contribution in [2.24, 2.45) is 5.92 Å². The average Bonchev–Trinajstić information content (AvgIpc) is 3.63.